The van der Waals surface area contributed by atoms with Crippen LogP contribution in [0.15, 0.2) is 28.7 Å². The molecule has 1 heterocycles. The standard InChI is InChI=1S/C13H19NO2/c1-2-12-5-6-13(16-12)8-14-11-4-3-10(7-11)9-15/h3-6,10-11,14-15H,2,7-9H2,1H3/t10-,11+/m0/s1. The maximum Gasteiger partial charge on any atom is 0.117 e. The average molecular weight is 221 g/mol. The van der Waals surface area contributed by atoms with Crippen LogP contribution in [0.5, 0.6) is 0 Å². The maximum atomic E-state index is 9.01. The summed E-state index contributed by atoms with van der Waals surface area (Å²) in [5, 5.41) is 12.4. The molecule has 0 aliphatic heterocycles. The first-order valence-electron chi connectivity index (χ1n) is 5.92. The summed E-state index contributed by atoms with van der Waals surface area (Å²) < 4.78 is 5.61. The zero-order valence-corrected chi connectivity index (χ0v) is 9.65. The van der Waals surface area contributed by atoms with Gasteiger partial charge < -0.3 is 14.8 Å². The van der Waals surface area contributed by atoms with Gasteiger partial charge in [-0.15, -0.1) is 0 Å². The molecule has 2 rings (SSSR count). The summed E-state index contributed by atoms with van der Waals surface area (Å²) in [6.45, 7) is 3.09. The highest BCUT2D eigenvalue weighted by atomic mass is 16.3. The van der Waals surface area contributed by atoms with Crippen molar-refractivity contribution in [2.24, 2.45) is 5.92 Å². The van der Waals surface area contributed by atoms with Gasteiger partial charge >= 0.3 is 0 Å². The van der Waals surface area contributed by atoms with Crippen LogP contribution in [-0.4, -0.2) is 17.8 Å². The summed E-state index contributed by atoms with van der Waals surface area (Å²) >= 11 is 0. The molecule has 0 saturated heterocycles. The number of hydrogen-bond donors (Lipinski definition) is 2. The fourth-order valence-electron chi connectivity index (χ4n) is 2.00. The molecule has 2 N–H and O–H groups in total. The van der Waals surface area contributed by atoms with E-state index < -0.39 is 0 Å². The minimum Gasteiger partial charge on any atom is -0.465 e. The molecule has 3 heteroatoms. The normalized spacial score (nSPS) is 24.1. The van der Waals surface area contributed by atoms with E-state index in [0.29, 0.717) is 12.0 Å². The highest BCUT2D eigenvalue weighted by molar-refractivity contribution is 5.09. The van der Waals surface area contributed by atoms with E-state index >= 15 is 0 Å². The molecule has 0 fully saturated rings. The molecule has 1 aromatic heterocycles. The third-order valence-electron chi connectivity index (χ3n) is 3.01. The van der Waals surface area contributed by atoms with Crippen LogP contribution in [0.4, 0.5) is 0 Å². The summed E-state index contributed by atoms with van der Waals surface area (Å²) in [6.07, 6.45) is 6.13. The van der Waals surface area contributed by atoms with E-state index in [-0.39, 0.29) is 6.61 Å². The zero-order valence-electron chi connectivity index (χ0n) is 9.65. The first-order valence-corrected chi connectivity index (χ1v) is 5.92. The minimum atomic E-state index is 0.245. The summed E-state index contributed by atoms with van der Waals surface area (Å²) in [5.41, 5.74) is 0. The Balaban J connectivity index is 1.78. The number of aryl methyl sites for hydroxylation is 1. The van der Waals surface area contributed by atoms with Gasteiger partial charge in [0.2, 0.25) is 0 Å². The maximum absolute atomic E-state index is 9.01. The SMILES string of the molecule is CCc1ccc(CN[C@@H]2C=C[C@H](CO)C2)o1. The molecule has 88 valence electrons. The van der Waals surface area contributed by atoms with Crippen LogP contribution in [0, 0.1) is 5.92 Å². The van der Waals surface area contributed by atoms with E-state index in [0.717, 1.165) is 30.9 Å². The van der Waals surface area contributed by atoms with Crippen LogP contribution in [0.2, 0.25) is 0 Å². The molecule has 3 nitrogen and oxygen atoms in total. The van der Waals surface area contributed by atoms with Crippen LogP contribution in [0.25, 0.3) is 0 Å². The topological polar surface area (TPSA) is 45.4 Å². The van der Waals surface area contributed by atoms with Crippen LogP contribution in [0.3, 0.4) is 0 Å². The van der Waals surface area contributed by atoms with Gasteiger partial charge in [0.25, 0.3) is 0 Å². The summed E-state index contributed by atoms with van der Waals surface area (Å²) in [6, 6.07) is 4.42. The van der Waals surface area contributed by atoms with Gasteiger partial charge in [-0.3, -0.25) is 0 Å². The number of aliphatic hydroxyl groups excluding tert-OH is 1. The Morgan fingerprint density at radius 1 is 1.38 bits per heavy atom. The predicted octanol–water partition coefficient (Wildman–Crippen LogP) is 1.87. The quantitative estimate of drug-likeness (QED) is 0.746. The molecule has 1 aliphatic carbocycles. The van der Waals surface area contributed by atoms with Crippen molar-refractivity contribution in [3.05, 3.63) is 35.8 Å². The molecular formula is C13H19NO2. The second-order valence-electron chi connectivity index (χ2n) is 4.27. The van der Waals surface area contributed by atoms with Crippen LogP contribution in [0.1, 0.15) is 24.9 Å². The molecular weight excluding hydrogens is 202 g/mol. The molecule has 0 spiro atoms. The number of nitrogens with one attached hydrogen (secondary N) is 1. The van der Waals surface area contributed by atoms with Crippen molar-refractivity contribution in [2.45, 2.75) is 32.4 Å². The Morgan fingerprint density at radius 3 is 2.81 bits per heavy atom. The fraction of sp³-hybridized carbons (Fsp3) is 0.538. The van der Waals surface area contributed by atoms with Crippen molar-refractivity contribution in [1.82, 2.24) is 5.32 Å². The average Bonchev–Trinajstić information content (AvgIpc) is 2.95. The Morgan fingerprint density at radius 2 is 2.19 bits per heavy atom. The van der Waals surface area contributed by atoms with Crippen molar-refractivity contribution in [3.8, 4) is 0 Å². The molecule has 0 radical (unpaired) electrons. The molecule has 1 aliphatic rings. The summed E-state index contributed by atoms with van der Waals surface area (Å²) in [5.74, 6) is 2.34. The Hall–Kier alpha value is -1.06. The highest BCUT2D eigenvalue weighted by Crippen LogP contribution is 2.17. The molecule has 0 amide bonds. The zero-order chi connectivity index (χ0) is 11.4. The smallest absolute Gasteiger partial charge is 0.117 e. The van der Waals surface area contributed by atoms with E-state index in [1.54, 1.807) is 0 Å². The number of hydrogen-bond acceptors (Lipinski definition) is 3. The third-order valence-corrected chi connectivity index (χ3v) is 3.01. The highest BCUT2D eigenvalue weighted by Gasteiger charge is 2.17. The lowest BCUT2D eigenvalue weighted by atomic mass is 10.1. The Bertz CT molecular complexity index is 357. The van der Waals surface area contributed by atoms with Crippen LogP contribution >= 0.6 is 0 Å². The molecule has 0 saturated carbocycles. The van der Waals surface area contributed by atoms with Crippen LogP contribution in [-0.2, 0) is 13.0 Å². The van der Waals surface area contributed by atoms with Crippen molar-refractivity contribution in [2.75, 3.05) is 6.61 Å². The van der Waals surface area contributed by atoms with Gasteiger partial charge in [-0.2, -0.15) is 0 Å². The molecule has 0 bridgehead atoms. The van der Waals surface area contributed by atoms with Crippen molar-refractivity contribution >= 4 is 0 Å². The van der Waals surface area contributed by atoms with Gasteiger partial charge in [0.05, 0.1) is 6.54 Å². The number of aliphatic hydroxyl groups is 1. The number of furan rings is 1. The van der Waals surface area contributed by atoms with Gasteiger partial charge in [-0.1, -0.05) is 19.1 Å². The van der Waals surface area contributed by atoms with Gasteiger partial charge in [-0.25, -0.2) is 0 Å². The summed E-state index contributed by atoms with van der Waals surface area (Å²) in [7, 11) is 0. The lowest BCUT2D eigenvalue weighted by Crippen LogP contribution is -2.25. The lowest BCUT2D eigenvalue weighted by Gasteiger charge is -2.11. The van der Waals surface area contributed by atoms with E-state index in [9.17, 15) is 0 Å². The van der Waals surface area contributed by atoms with Gasteiger partial charge in [0.15, 0.2) is 0 Å². The largest absolute Gasteiger partial charge is 0.465 e. The van der Waals surface area contributed by atoms with E-state index in [1.807, 2.05) is 12.1 Å². The van der Waals surface area contributed by atoms with Gasteiger partial charge in [-0.05, 0) is 18.6 Å². The van der Waals surface area contributed by atoms with E-state index in [1.165, 1.54) is 0 Å². The van der Waals surface area contributed by atoms with E-state index in [2.05, 4.69) is 24.4 Å². The summed E-state index contributed by atoms with van der Waals surface area (Å²) in [4.78, 5) is 0. The van der Waals surface area contributed by atoms with Gasteiger partial charge in [0, 0.05) is 25.0 Å². The second-order valence-corrected chi connectivity index (χ2v) is 4.27. The monoisotopic (exact) mass is 221 g/mol. The van der Waals surface area contributed by atoms with Gasteiger partial charge in [0.1, 0.15) is 11.5 Å². The third kappa shape index (κ3) is 2.74. The lowest BCUT2D eigenvalue weighted by molar-refractivity contribution is 0.246. The van der Waals surface area contributed by atoms with Crippen LogP contribution < -0.4 is 5.32 Å². The molecule has 16 heavy (non-hydrogen) atoms. The fourth-order valence-corrected chi connectivity index (χ4v) is 2.00. The first kappa shape index (κ1) is 11.4. The second kappa shape index (κ2) is 5.32. The Kier molecular flexibility index (Phi) is 3.80. The van der Waals surface area contributed by atoms with E-state index in [4.69, 9.17) is 9.52 Å². The first-order chi connectivity index (χ1) is 7.81. The molecule has 0 aromatic carbocycles. The number of rotatable bonds is 5. The molecule has 1 aromatic rings. The van der Waals surface area contributed by atoms with Crippen molar-refractivity contribution in [1.29, 1.82) is 0 Å². The molecule has 2 atom stereocenters. The minimum absolute atomic E-state index is 0.245. The molecule has 0 unspecified atom stereocenters. The van der Waals surface area contributed by atoms with Crippen molar-refractivity contribution < 1.29 is 9.52 Å². The van der Waals surface area contributed by atoms with Crippen molar-refractivity contribution in [3.63, 3.8) is 0 Å². The Labute approximate surface area is 96.2 Å². The predicted molar refractivity (Wildman–Crippen MR) is 63.0 cm³/mol.